The number of unbranched alkanes of at least 4 members (excludes halogenated alkanes) is 2. The Morgan fingerprint density at radius 2 is 1.60 bits per heavy atom. The number of aryl methyl sites for hydroxylation is 4. The molecule has 1 amide bonds. The average molecular weight is 765 g/mol. The maximum atomic E-state index is 13.1. The molecule has 291 valence electrons. The number of pyridine rings is 1. The van der Waals surface area contributed by atoms with Gasteiger partial charge in [0.25, 0.3) is 0 Å². The Hall–Kier alpha value is -3.23. The van der Waals surface area contributed by atoms with Crippen molar-refractivity contribution >= 4 is 19.2 Å². The van der Waals surface area contributed by atoms with Crippen LogP contribution < -0.4 is 25.8 Å². The van der Waals surface area contributed by atoms with Gasteiger partial charge in [-0.1, -0.05) is 84.6 Å². The van der Waals surface area contributed by atoms with E-state index in [1.165, 1.54) is 41.7 Å². The van der Waals surface area contributed by atoms with E-state index in [4.69, 9.17) is 4.98 Å². The largest absolute Gasteiger partial charge is 2.00 e. The summed E-state index contributed by atoms with van der Waals surface area (Å²) in [5, 5.41) is 8.38. The summed E-state index contributed by atoms with van der Waals surface area (Å²) in [6.07, 6.45) is 7.04. The van der Waals surface area contributed by atoms with E-state index >= 15 is 0 Å². The number of benzene rings is 2. The number of hydrogen-bond donors (Lipinski definition) is 2. The predicted octanol–water partition coefficient (Wildman–Crippen LogP) is 10.1. The van der Waals surface area contributed by atoms with Gasteiger partial charge in [-0.3, -0.25) is 14.2 Å². The van der Waals surface area contributed by atoms with E-state index < -0.39 is 6.11 Å². The van der Waals surface area contributed by atoms with E-state index in [0.717, 1.165) is 47.8 Å². The number of carbonyl (C=O) groups is 1. The summed E-state index contributed by atoms with van der Waals surface area (Å²) < 4.78 is 40.4. The molecule has 9 heteroatoms. The molecule has 1 saturated carbocycles. The van der Waals surface area contributed by atoms with Gasteiger partial charge in [-0.05, 0) is 91.0 Å². The van der Waals surface area contributed by atoms with Crippen molar-refractivity contribution in [3.8, 4) is 17.0 Å². The molecule has 0 bridgehead atoms. The van der Waals surface area contributed by atoms with Crippen molar-refractivity contribution in [2.75, 3.05) is 20.3 Å². The Bertz CT molecular complexity index is 1510. The Morgan fingerprint density at radius 3 is 2.08 bits per heavy atom. The predicted molar refractivity (Wildman–Crippen MR) is 212 cm³/mol. The Labute approximate surface area is 326 Å². The van der Waals surface area contributed by atoms with Gasteiger partial charge in [0, 0.05) is 32.1 Å². The maximum Gasteiger partial charge on any atom is 2.00 e. The van der Waals surface area contributed by atoms with Crippen LogP contribution in [0.2, 0.25) is 0 Å². The van der Waals surface area contributed by atoms with Crippen LogP contribution in [0.3, 0.4) is 0 Å². The molecule has 1 atom stereocenters. The number of amides is 1. The SMILES string of the molecule is C=c1c(C)cc(C)c/c1=C/NCCC.CC.CCCCC.CF.Cc1[c-]c(-c2ccc(OC(C)(F)F)c(C)c2)nc(C(CNC=O)C2CC2)c1.[CH3-].[V+2]. The van der Waals surface area contributed by atoms with Crippen LogP contribution in [0.15, 0.2) is 36.4 Å². The number of halogens is 3. The van der Waals surface area contributed by atoms with Gasteiger partial charge in [-0.25, -0.2) is 0 Å². The number of nitrogens with zero attached hydrogens (tertiary/aromatic N) is 1. The summed E-state index contributed by atoms with van der Waals surface area (Å²) in [6, 6.07) is 14.6. The molecule has 0 saturated heterocycles. The van der Waals surface area contributed by atoms with Gasteiger partial charge in [0.15, 0.2) is 0 Å². The normalized spacial score (nSPS) is 12.2. The standard InChI is InChI=1S/C21H23F2N2O2.C13H19N.C5H12.C2H6.CH3F.CH3.V/c1-13-8-18(16-6-7-20(14(2)10-16)27-21(3,22)23)25-19(9-13)17(11-24-12-26)15-4-5-15;1-5-6-14-9-13-8-10(2)7-11(3)12(13)4;1-3-5-4-2;2*1-2;;/h6-7,9-10,12,15,17H,4-5,11H2,1-3H3,(H,24,26);7-9,14H,4-6H2,1-3H3;3-5H2,1-2H3;1-2H3;1H3;1H3;/q-1;;;;;-1;+2/b;13-9-;;;;;. The summed E-state index contributed by atoms with van der Waals surface area (Å²) in [6.45, 7) is 24.8. The summed E-state index contributed by atoms with van der Waals surface area (Å²) in [7, 11) is 0.500. The van der Waals surface area contributed by atoms with Crippen molar-refractivity contribution < 1.29 is 41.3 Å². The molecule has 5 nitrogen and oxygen atoms in total. The first-order valence-corrected chi connectivity index (χ1v) is 18.0. The first-order valence-electron chi connectivity index (χ1n) is 18.0. The van der Waals surface area contributed by atoms with Crippen LogP contribution in [-0.2, 0) is 23.4 Å². The fourth-order valence-electron chi connectivity index (χ4n) is 5.09. The van der Waals surface area contributed by atoms with Crippen LogP contribution in [0, 0.1) is 47.1 Å². The number of ether oxygens (including phenoxy) is 1. The molecule has 1 unspecified atom stereocenters. The molecule has 0 aliphatic heterocycles. The van der Waals surface area contributed by atoms with E-state index in [9.17, 15) is 18.0 Å². The van der Waals surface area contributed by atoms with E-state index in [-0.39, 0.29) is 37.6 Å². The molecule has 1 radical (unpaired) electrons. The van der Waals surface area contributed by atoms with Gasteiger partial charge in [0.1, 0.15) is 5.75 Å². The van der Waals surface area contributed by atoms with Gasteiger partial charge in [0.05, 0.1) is 7.18 Å². The molecule has 4 rings (SSSR count). The molecule has 52 heavy (non-hydrogen) atoms. The summed E-state index contributed by atoms with van der Waals surface area (Å²) in [4.78, 5) is 15.5. The van der Waals surface area contributed by atoms with Crippen LogP contribution in [0.1, 0.15) is 114 Å². The zero-order chi connectivity index (χ0) is 38.3. The zero-order valence-corrected chi connectivity index (χ0v) is 35.4. The quantitative estimate of drug-likeness (QED) is 0.103. The topological polar surface area (TPSA) is 63.2 Å². The van der Waals surface area contributed by atoms with Gasteiger partial charge in [-0.15, -0.1) is 18.2 Å². The van der Waals surface area contributed by atoms with Crippen molar-refractivity contribution in [2.24, 2.45) is 5.92 Å². The van der Waals surface area contributed by atoms with Crippen molar-refractivity contribution in [3.63, 3.8) is 0 Å². The van der Waals surface area contributed by atoms with Crippen LogP contribution in [-0.4, -0.2) is 37.8 Å². The minimum absolute atomic E-state index is 0. The molecule has 3 aromatic rings. The Morgan fingerprint density at radius 1 is 0.981 bits per heavy atom. The third kappa shape index (κ3) is 20.7. The molecule has 1 heterocycles. The second kappa shape index (κ2) is 29.3. The molecule has 0 spiro atoms. The maximum absolute atomic E-state index is 13.1. The Kier molecular flexibility index (Phi) is 29.9. The van der Waals surface area contributed by atoms with Crippen LogP contribution >= 0.6 is 0 Å². The molecular formula is C43H66F3N3O2V. The van der Waals surface area contributed by atoms with E-state index in [1.807, 2.05) is 26.8 Å². The molecule has 1 aliphatic rings. The molecule has 2 aromatic carbocycles. The average Bonchev–Trinajstić information content (AvgIpc) is 3.92. The van der Waals surface area contributed by atoms with Crippen LogP contribution in [0.4, 0.5) is 13.2 Å². The van der Waals surface area contributed by atoms with Crippen molar-refractivity contribution in [1.82, 2.24) is 15.6 Å². The van der Waals surface area contributed by atoms with Crippen molar-refractivity contribution in [2.45, 2.75) is 120 Å². The second-order valence-electron chi connectivity index (χ2n) is 12.3. The molecule has 2 N–H and O–H groups in total. The number of alkyl halides is 3. The minimum atomic E-state index is -3.23. The summed E-state index contributed by atoms with van der Waals surface area (Å²) >= 11 is 0. The minimum Gasteiger partial charge on any atom is -0.433 e. The van der Waals surface area contributed by atoms with Crippen LogP contribution in [0.5, 0.6) is 5.75 Å². The molecule has 1 aliphatic carbocycles. The monoisotopic (exact) mass is 764 g/mol. The number of nitrogens with one attached hydrogen (secondary N) is 2. The number of rotatable bonds is 13. The summed E-state index contributed by atoms with van der Waals surface area (Å²) in [5.74, 6) is 0.846. The second-order valence-corrected chi connectivity index (χ2v) is 12.3. The summed E-state index contributed by atoms with van der Waals surface area (Å²) in [5.41, 5.74) is 6.49. The fraction of sp³-hybridized carbons (Fsp3) is 0.512. The molecule has 1 fully saturated rings. The molecule has 1 aromatic heterocycles. The Balaban J connectivity index is -0.000000810. The zero-order valence-electron chi connectivity index (χ0n) is 34.0. The first-order chi connectivity index (χ1) is 23.8. The van der Waals surface area contributed by atoms with Crippen molar-refractivity contribution in [1.29, 1.82) is 0 Å². The first kappa shape index (κ1) is 53.1. The van der Waals surface area contributed by atoms with Crippen molar-refractivity contribution in [3.05, 3.63) is 88.3 Å². The smallest absolute Gasteiger partial charge is 0.433 e. The number of hydrogen-bond acceptors (Lipinski definition) is 4. The van der Waals surface area contributed by atoms with Crippen LogP contribution in [0.25, 0.3) is 24.0 Å². The van der Waals surface area contributed by atoms with E-state index in [0.29, 0.717) is 44.2 Å². The number of carbonyl (C=O) groups excluding carboxylic acids is 1. The van der Waals surface area contributed by atoms with Gasteiger partial charge in [-0.2, -0.15) is 20.4 Å². The molecular weight excluding hydrogens is 698 g/mol. The third-order valence-corrected chi connectivity index (χ3v) is 7.66. The van der Waals surface area contributed by atoms with E-state index in [2.05, 4.69) is 81.0 Å². The number of aromatic nitrogens is 1. The van der Waals surface area contributed by atoms with Gasteiger partial charge >= 0.3 is 24.7 Å². The van der Waals surface area contributed by atoms with Gasteiger partial charge in [0.2, 0.25) is 6.41 Å². The fourth-order valence-corrected chi connectivity index (χ4v) is 5.09. The van der Waals surface area contributed by atoms with E-state index in [1.54, 1.807) is 19.1 Å². The van der Waals surface area contributed by atoms with Gasteiger partial charge < -0.3 is 22.8 Å². The third-order valence-electron chi connectivity index (χ3n) is 7.66.